The zero-order chi connectivity index (χ0) is 48.2. The third-order valence-electron chi connectivity index (χ3n) is 12.7. The van der Waals surface area contributed by atoms with Crippen LogP contribution >= 0.6 is 31.9 Å². The molecule has 3 aliphatic rings. The second kappa shape index (κ2) is 18.4. The summed E-state index contributed by atoms with van der Waals surface area (Å²) in [6.07, 6.45) is 9.67. The van der Waals surface area contributed by atoms with Gasteiger partial charge in [0.25, 0.3) is 0 Å². The van der Waals surface area contributed by atoms with Crippen molar-refractivity contribution in [3.05, 3.63) is 142 Å². The monoisotopic (exact) mass is 1050 g/mol. The summed E-state index contributed by atoms with van der Waals surface area (Å²) in [5.41, 5.74) is 16.6. The third-order valence-corrected chi connectivity index (χ3v) is 13.7. The standard InChI is InChI=1S/C21H22N8.C16H17BrN6.C12H13BrN4/c1-13-11-28(17-10-24-27(3)12-17)19-8-15(16-5-7-20(22)23-9-16)4-6-18(19)29-14(2)25-26-21(13)29;1-10-8-22(13-7-18-21(3)9-13)15-6-12(17)4-5-14(15)23-11(2)19-20-16(10)23;1-7-6-14-10-5-9(13)3-4-11(10)17-8(2)15-16-12(7)17/h4-10,12-13H,11H2,1-3H3,(H2,22,23);4-7,9-10H,8H2,1-3H3;3-5,7,14H,6H2,1-2H3/t13-;10-;7-/m111/s1. The van der Waals surface area contributed by atoms with E-state index in [-0.39, 0.29) is 11.8 Å². The number of nitrogen functional groups attached to an aromatic ring is 1. The number of fused-ring (bicyclic) bond motifs is 9. The first-order valence-corrected chi connectivity index (χ1v) is 24.3. The third kappa shape index (κ3) is 8.66. The zero-order valence-corrected chi connectivity index (χ0v) is 42.8. The Bertz CT molecular complexity index is 3320. The van der Waals surface area contributed by atoms with E-state index >= 15 is 0 Å². The molecular weight excluding hydrogens is 1000 g/mol. The van der Waals surface area contributed by atoms with Crippen molar-refractivity contribution in [2.45, 2.75) is 59.3 Å². The fourth-order valence-corrected chi connectivity index (χ4v) is 9.97. The molecule has 12 rings (SSSR count). The number of rotatable bonds is 3. The molecule has 69 heavy (non-hydrogen) atoms. The Labute approximate surface area is 416 Å². The predicted molar refractivity (Wildman–Crippen MR) is 275 cm³/mol. The molecule has 0 saturated heterocycles. The van der Waals surface area contributed by atoms with Crippen molar-refractivity contribution >= 4 is 66.1 Å². The van der Waals surface area contributed by atoms with Crippen molar-refractivity contribution in [3.8, 4) is 28.2 Å². The summed E-state index contributed by atoms with van der Waals surface area (Å²) >= 11 is 7.10. The molecular formula is C49H52Br2N18. The lowest BCUT2D eigenvalue weighted by Gasteiger charge is -2.25. The number of halogens is 2. The summed E-state index contributed by atoms with van der Waals surface area (Å²) in [4.78, 5) is 8.84. The van der Waals surface area contributed by atoms with Gasteiger partial charge in [0.1, 0.15) is 40.8 Å². The number of pyridine rings is 1. The number of anilines is 6. The molecule has 0 saturated carbocycles. The zero-order valence-electron chi connectivity index (χ0n) is 39.6. The maximum Gasteiger partial charge on any atom is 0.142 e. The van der Waals surface area contributed by atoms with Crippen LogP contribution in [-0.2, 0) is 14.1 Å². The maximum absolute atomic E-state index is 5.76. The highest BCUT2D eigenvalue weighted by molar-refractivity contribution is 9.10. The summed E-state index contributed by atoms with van der Waals surface area (Å²) in [5, 5.41) is 38.1. The first kappa shape index (κ1) is 45.6. The van der Waals surface area contributed by atoms with Crippen molar-refractivity contribution in [2.24, 2.45) is 14.1 Å². The summed E-state index contributed by atoms with van der Waals surface area (Å²) in [7, 11) is 3.87. The lowest BCUT2D eigenvalue weighted by Crippen LogP contribution is -2.21. The van der Waals surface area contributed by atoms with Crippen molar-refractivity contribution in [2.75, 3.05) is 40.5 Å². The van der Waals surface area contributed by atoms with Crippen LogP contribution in [0.15, 0.2) is 107 Å². The van der Waals surface area contributed by atoms with Gasteiger partial charge < -0.3 is 20.9 Å². The Morgan fingerprint density at radius 1 is 0.536 bits per heavy atom. The highest BCUT2D eigenvalue weighted by Crippen LogP contribution is 2.42. The first-order chi connectivity index (χ1) is 33.2. The van der Waals surface area contributed by atoms with Gasteiger partial charge in [-0.2, -0.15) is 10.2 Å². The van der Waals surface area contributed by atoms with Gasteiger partial charge in [0.2, 0.25) is 0 Å². The predicted octanol–water partition coefficient (Wildman–Crippen LogP) is 9.40. The van der Waals surface area contributed by atoms with Crippen molar-refractivity contribution in [1.82, 2.24) is 68.8 Å². The summed E-state index contributed by atoms with van der Waals surface area (Å²) in [5.74, 6) is 7.02. The maximum atomic E-state index is 5.76. The van der Waals surface area contributed by atoms with Crippen molar-refractivity contribution in [1.29, 1.82) is 0 Å². The molecule has 0 bridgehead atoms. The van der Waals surface area contributed by atoms with Crippen LogP contribution in [-0.4, -0.2) is 88.5 Å². The largest absolute Gasteiger partial charge is 0.384 e. The van der Waals surface area contributed by atoms with Gasteiger partial charge in [0, 0.05) is 84.6 Å². The average Bonchev–Trinajstić information content (AvgIpc) is 4.17. The van der Waals surface area contributed by atoms with Crippen LogP contribution in [0.1, 0.15) is 73.5 Å². The number of nitrogens with two attached hydrogens (primary N) is 1. The topological polar surface area (TPSA) is 185 Å². The molecule has 20 heteroatoms. The molecule has 3 N–H and O–H groups in total. The van der Waals surface area contributed by atoms with E-state index in [1.165, 1.54) is 0 Å². The number of aromatic nitrogens is 14. The quantitative estimate of drug-likeness (QED) is 0.171. The number of nitrogens with one attached hydrogen (secondary N) is 1. The van der Waals surface area contributed by atoms with E-state index in [1.807, 2.05) is 87.2 Å². The smallest absolute Gasteiger partial charge is 0.142 e. The van der Waals surface area contributed by atoms with Crippen molar-refractivity contribution < 1.29 is 0 Å². The van der Waals surface area contributed by atoms with Gasteiger partial charge in [-0.25, -0.2) is 4.98 Å². The van der Waals surface area contributed by atoms with Gasteiger partial charge in [-0.3, -0.25) is 23.1 Å². The highest BCUT2D eigenvalue weighted by Gasteiger charge is 2.31. The summed E-state index contributed by atoms with van der Waals surface area (Å²) in [6.45, 7) is 15.0. The molecule has 9 aromatic rings. The first-order valence-electron chi connectivity index (χ1n) is 22.7. The fourth-order valence-electron chi connectivity index (χ4n) is 9.26. The van der Waals surface area contributed by atoms with E-state index in [4.69, 9.17) is 5.73 Å². The van der Waals surface area contributed by atoms with E-state index in [2.05, 4.69) is 176 Å². The van der Waals surface area contributed by atoms with Crippen molar-refractivity contribution in [3.63, 3.8) is 0 Å². The Balaban J connectivity index is 0.000000124. The average molecular weight is 1050 g/mol. The lowest BCUT2D eigenvalue weighted by atomic mass is 10.0. The molecule has 0 radical (unpaired) electrons. The minimum absolute atomic E-state index is 0.199. The van der Waals surface area contributed by atoms with E-state index in [1.54, 1.807) is 6.20 Å². The van der Waals surface area contributed by atoms with Crippen LogP contribution in [0, 0.1) is 20.8 Å². The van der Waals surface area contributed by atoms with Crippen LogP contribution in [0.2, 0.25) is 0 Å². The van der Waals surface area contributed by atoms with Gasteiger partial charge >= 0.3 is 0 Å². The van der Waals surface area contributed by atoms with E-state index in [9.17, 15) is 0 Å². The molecule has 0 aliphatic carbocycles. The Morgan fingerprint density at radius 2 is 1.01 bits per heavy atom. The SMILES string of the molecule is Cc1nnc2n1-c1ccc(-c3ccc(N)nc3)cc1N(c1cnn(C)c1)C[C@H]2C.Cc1nnc2n1-c1ccc(Br)cc1N(c1cnn(C)c1)C[C@H]2C.Cc1nnc2n1-c1ccc(Br)cc1NC[C@H]2C. The molecule has 0 fully saturated rings. The number of aryl methyl sites for hydroxylation is 5. The highest BCUT2D eigenvalue weighted by atomic mass is 79.9. The van der Waals surface area contributed by atoms with Crippen LogP contribution in [0.5, 0.6) is 0 Å². The normalized spacial score (nSPS) is 16.6. The van der Waals surface area contributed by atoms with Gasteiger partial charge in [-0.15, -0.1) is 30.6 Å². The van der Waals surface area contributed by atoms with E-state index < -0.39 is 0 Å². The van der Waals surface area contributed by atoms with Crippen LogP contribution < -0.4 is 20.9 Å². The fraction of sp³-hybridized carbons (Fsp3) is 0.286. The van der Waals surface area contributed by atoms with Crippen LogP contribution in [0.3, 0.4) is 0 Å². The summed E-state index contributed by atoms with van der Waals surface area (Å²) in [6, 6.07) is 22.8. The molecule has 0 spiro atoms. The molecule has 3 atom stereocenters. The van der Waals surface area contributed by atoms with E-state index in [0.717, 1.165) is 120 Å². The molecule has 0 amide bonds. The molecule has 3 aliphatic heterocycles. The molecule has 352 valence electrons. The molecule has 9 heterocycles. The number of hydrogen-bond acceptors (Lipinski definition) is 13. The number of nitrogens with zero attached hydrogens (tertiary/aromatic N) is 16. The molecule has 18 nitrogen and oxygen atoms in total. The van der Waals surface area contributed by atoms with Gasteiger partial charge in [-0.1, -0.05) is 58.7 Å². The second-order valence-corrected chi connectivity index (χ2v) is 19.7. The number of hydrogen-bond donors (Lipinski definition) is 2. The second-order valence-electron chi connectivity index (χ2n) is 17.8. The molecule has 6 aromatic heterocycles. The Kier molecular flexibility index (Phi) is 12.1. The molecule has 3 aromatic carbocycles. The van der Waals surface area contributed by atoms with Gasteiger partial charge in [-0.05, 0) is 87.0 Å². The van der Waals surface area contributed by atoms with Crippen LogP contribution in [0.25, 0.3) is 28.2 Å². The van der Waals surface area contributed by atoms with E-state index in [0.29, 0.717) is 11.7 Å². The van der Waals surface area contributed by atoms with Gasteiger partial charge in [0.05, 0.1) is 57.9 Å². The Hall–Kier alpha value is -7.19. The van der Waals surface area contributed by atoms with Gasteiger partial charge in [0.15, 0.2) is 0 Å². The Morgan fingerprint density at radius 3 is 1.54 bits per heavy atom. The minimum Gasteiger partial charge on any atom is -0.384 e. The number of benzene rings is 3. The summed E-state index contributed by atoms with van der Waals surface area (Å²) < 4.78 is 12.2. The molecule has 0 unspecified atom stereocenters. The lowest BCUT2D eigenvalue weighted by molar-refractivity contribution is 0.695. The van der Waals surface area contributed by atoms with Crippen LogP contribution in [0.4, 0.5) is 34.3 Å². The minimum atomic E-state index is 0.199.